The van der Waals surface area contributed by atoms with Gasteiger partial charge in [0.25, 0.3) is 0 Å². The number of hydrogen-bond acceptors (Lipinski definition) is 5. The van der Waals surface area contributed by atoms with Crippen LogP contribution < -0.4 is 4.74 Å². The number of rotatable bonds is 3. The third-order valence-electron chi connectivity index (χ3n) is 1.31. The average Bonchev–Trinajstić information content (AvgIpc) is 2.25. The minimum absolute atomic E-state index is 0.0826. The van der Waals surface area contributed by atoms with Crippen molar-refractivity contribution in [1.82, 2.24) is 9.97 Å². The first-order valence-corrected chi connectivity index (χ1v) is 3.74. The number of nitrogens with zero attached hydrogens (tertiary/aromatic N) is 2. The Morgan fingerprint density at radius 1 is 1.64 bits per heavy atom. The summed E-state index contributed by atoms with van der Waals surface area (Å²) >= 11 is 0. The molecule has 0 aromatic carbocycles. The molecule has 5 nitrogen and oxygen atoms in total. The molecule has 0 amide bonds. The van der Waals surface area contributed by atoms with Gasteiger partial charge in [0, 0.05) is 0 Å². The lowest BCUT2D eigenvalue weighted by Gasteiger charge is -2.01. The first-order valence-electron chi connectivity index (χ1n) is 3.74. The number of ether oxygens (including phenoxy) is 2. The van der Waals surface area contributed by atoms with Crippen molar-refractivity contribution in [2.24, 2.45) is 0 Å². The number of carbonyl (C=O) groups excluding carboxylic acids is 1. The highest BCUT2D eigenvalue weighted by molar-refractivity contribution is 5.86. The summed E-state index contributed by atoms with van der Waals surface area (Å²) in [5.74, 6) is 1.91. The van der Waals surface area contributed by atoms with Gasteiger partial charge in [0.15, 0.2) is 12.3 Å². The Labute approximate surface area is 81.1 Å². The van der Waals surface area contributed by atoms with E-state index in [9.17, 15) is 4.79 Å². The summed E-state index contributed by atoms with van der Waals surface area (Å²) in [6.45, 7) is 0.0826. The van der Waals surface area contributed by atoms with E-state index < -0.39 is 5.97 Å². The third-order valence-corrected chi connectivity index (χ3v) is 1.31. The maximum absolute atomic E-state index is 11.0. The van der Waals surface area contributed by atoms with Crippen LogP contribution in [0.2, 0.25) is 0 Å². The zero-order valence-corrected chi connectivity index (χ0v) is 7.56. The molecule has 72 valence electrons. The molecule has 0 fully saturated rings. The van der Waals surface area contributed by atoms with Crippen LogP contribution in [0, 0.1) is 12.3 Å². The predicted octanol–water partition coefficient (Wildman–Crippen LogP) is 0.275. The highest BCUT2D eigenvalue weighted by Crippen LogP contribution is 2.05. The first kappa shape index (κ1) is 9.99. The Balaban J connectivity index is 2.79. The summed E-state index contributed by atoms with van der Waals surface area (Å²) in [4.78, 5) is 18.6. The number of aromatic nitrogens is 2. The molecule has 0 aliphatic carbocycles. The van der Waals surface area contributed by atoms with E-state index in [1.165, 1.54) is 19.5 Å². The molecule has 0 aliphatic heterocycles. The SMILES string of the molecule is C#CCOc1cncc(C(=O)OC)n1. The standard InChI is InChI=1S/C9H8N2O3/c1-3-4-14-8-6-10-5-7(11-8)9(12)13-2/h1,5-6H,4H2,2H3. The van der Waals surface area contributed by atoms with Gasteiger partial charge in [-0.15, -0.1) is 6.42 Å². The molecule has 0 aliphatic rings. The van der Waals surface area contributed by atoms with E-state index in [0.717, 1.165) is 0 Å². The molecular weight excluding hydrogens is 184 g/mol. The van der Waals surface area contributed by atoms with Gasteiger partial charge >= 0.3 is 5.97 Å². The molecule has 1 heterocycles. The topological polar surface area (TPSA) is 61.3 Å². The predicted molar refractivity (Wildman–Crippen MR) is 47.7 cm³/mol. The van der Waals surface area contributed by atoms with Crippen LogP contribution in [0.15, 0.2) is 12.4 Å². The molecule has 5 heteroatoms. The molecule has 0 spiro atoms. The van der Waals surface area contributed by atoms with Crippen molar-refractivity contribution in [2.75, 3.05) is 13.7 Å². The quantitative estimate of drug-likeness (QED) is 0.508. The van der Waals surface area contributed by atoms with E-state index in [1.807, 2.05) is 0 Å². The summed E-state index contributed by atoms with van der Waals surface area (Å²) < 4.78 is 9.43. The minimum atomic E-state index is -0.566. The lowest BCUT2D eigenvalue weighted by molar-refractivity contribution is 0.0592. The number of carbonyl (C=O) groups is 1. The van der Waals surface area contributed by atoms with Crippen LogP contribution in [-0.4, -0.2) is 29.7 Å². The van der Waals surface area contributed by atoms with Gasteiger partial charge in [-0.2, -0.15) is 0 Å². The van der Waals surface area contributed by atoms with Crippen LogP contribution in [0.1, 0.15) is 10.5 Å². The van der Waals surface area contributed by atoms with E-state index in [1.54, 1.807) is 0 Å². The number of methoxy groups -OCH3 is 1. The van der Waals surface area contributed by atoms with Crippen LogP contribution in [0.25, 0.3) is 0 Å². The van der Waals surface area contributed by atoms with E-state index in [0.29, 0.717) is 0 Å². The van der Waals surface area contributed by atoms with Crippen LogP contribution in [0.5, 0.6) is 5.88 Å². The Kier molecular flexibility index (Phi) is 3.44. The van der Waals surface area contributed by atoms with Crippen molar-refractivity contribution in [3.8, 4) is 18.2 Å². The molecule has 0 saturated carbocycles. The lowest BCUT2D eigenvalue weighted by Crippen LogP contribution is -2.06. The summed E-state index contributed by atoms with van der Waals surface area (Å²) in [7, 11) is 1.26. The second-order valence-corrected chi connectivity index (χ2v) is 2.23. The van der Waals surface area contributed by atoms with Crippen molar-refractivity contribution in [2.45, 2.75) is 0 Å². The molecule has 0 bridgehead atoms. The third kappa shape index (κ3) is 2.45. The maximum atomic E-state index is 11.0. The van der Waals surface area contributed by atoms with Gasteiger partial charge in [0.05, 0.1) is 19.5 Å². The normalized spacial score (nSPS) is 8.86. The average molecular weight is 192 g/mol. The van der Waals surface area contributed by atoms with Crippen LogP contribution >= 0.6 is 0 Å². The number of terminal acetylenes is 1. The Morgan fingerprint density at radius 2 is 2.43 bits per heavy atom. The highest BCUT2D eigenvalue weighted by atomic mass is 16.5. The zero-order chi connectivity index (χ0) is 10.4. The Hall–Kier alpha value is -2.09. The van der Waals surface area contributed by atoms with Crippen LogP contribution in [0.3, 0.4) is 0 Å². The van der Waals surface area contributed by atoms with E-state index >= 15 is 0 Å². The molecule has 1 aromatic heterocycles. The molecule has 0 saturated heterocycles. The number of esters is 1. The zero-order valence-electron chi connectivity index (χ0n) is 7.56. The summed E-state index contributed by atoms with van der Waals surface area (Å²) in [5.41, 5.74) is 0.0852. The van der Waals surface area contributed by atoms with Crippen molar-refractivity contribution in [3.05, 3.63) is 18.1 Å². The summed E-state index contributed by atoms with van der Waals surface area (Å²) in [6.07, 6.45) is 7.64. The first-order chi connectivity index (χ1) is 6.77. The fourth-order valence-corrected chi connectivity index (χ4v) is 0.736. The smallest absolute Gasteiger partial charge is 0.358 e. The van der Waals surface area contributed by atoms with Crippen molar-refractivity contribution in [1.29, 1.82) is 0 Å². The summed E-state index contributed by atoms with van der Waals surface area (Å²) in [5, 5.41) is 0. The van der Waals surface area contributed by atoms with Gasteiger partial charge in [-0.25, -0.2) is 9.78 Å². The maximum Gasteiger partial charge on any atom is 0.358 e. The molecule has 1 rings (SSSR count). The van der Waals surface area contributed by atoms with Gasteiger partial charge in [0.2, 0.25) is 5.88 Å². The molecule has 0 atom stereocenters. The minimum Gasteiger partial charge on any atom is -0.464 e. The molecule has 1 aromatic rings. The lowest BCUT2D eigenvalue weighted by atomic mass is 10.4. The fourth-order valence-electron chi connectivity index (χ4n) is 0.736. The molecule has 0 radical (unpaired) electrons. The monoisotopic (exact) mass is 192 g/mol. The van der Waals surface area contributed by atoms with E-state index in [2.05, 4.69) is 20.6 Å². The largest absolute Gasteiger partial charge is 0.464 e. The van der Waals surface area contributed by atoms with Gasteiger partial charge in [-0.3, -0.25) is 4.98 Å². The van der Waals surface area contributed by atoms with E-state index in [4.69, 9.17) is 11.2 Å². The van der Waals surface area contributed by atoms with Crippen molar-refractivity contribution >= 4 is 5.97 Å². The van der Waals surface area contributed by atoms with Crippen molar-refractivity contribution in [3.63, 3.8) is 0 Å². The molecular formula is C9H8N2O3. The summed E-state index contributed by atoms with van der Waals surface area (Å²) in [6, 6.07) is 0. The Morgan fingerprint density at radius 3 is 3.07 bits per heavy atom. The fraction of sp³-hybridized carbons (Fsp3) is 0.222. The van der Waals surface area contributed by atoms with Gasteiger partial charge in [0.1, 0.15) is 0 Å². The second kappa shape index (κ2) is 4.82. The Bertz CT molecular complexity index is 371. The second-order valence-electron chi connectivity index (χ2n) is 2.23. The van der Waals surface area contributed by atoms with Crippen LogP contribution in [-0.2, 0) is 4.74 Å². The molecule has 0 N–H and O–H groups in total. The van der Waals surface area contributed by atoms with Crippen molar-refractivity contribution < 1.29 is 14.3 Å². The number of hydrogen-bond donors (Lipinski definition) is 0. The molecule has 14 heavy (non-hydrogen) atoms. The molecule has 0 unspecified atom stereocenters. The van der Waals surface area contributed by atoms with Gasteiger partial charge in [-0.05, 0) is 0 Å². The van der Waals surface area contributed by atoms with E-state index in [-0.39, 0.29) is 18.2 Å². The van der Waals surface area contributed by atoms with Crippen LogP contribution in [0.4, 0.5) is 0 Å². The van der Waals surface area contributed by atoms with Gasteiger partial charge in [-0.1, -0.05) is 5.92 Å². The van der Waals surface area contributed by atoms with Gasteiger partial charge < -0.3 is 9.47 Å². The highest BCUT2D eigenvalue weighted by Gasteiger charge is 2.08.